The first-order valence-corrected chi connectivity index (χ1v) is 8.83. The number of aromatic nitrogens is 3. The molecule has 0 aliphatic carbocycles. The van der Waals surface area contributed by atoms with E-state index in [4.69, 9.17) is 0 Å². The summed E-state index contributed by atoms with van der Waals surface area (Å²) in [6, 6.07) is 9.88. The molecule has 0 atom stereocenters. The van der Waals surface area contributed by atoms with Crippen LogP contribution >= 0.6 is 11.3 Å². The van der Waals surface area contributed by atoms with Gasteiger partial charge in [-0.25, -0.2) is 9.97 Å². The fourth-order valence-electron chi connectivity index (χ4n) is 2.97. The summed E-state index contributed by atoms with van der Waals surface area (Å²) in [5.74, 6) is 0. The Morgan fingerprint density at radius 1 is 1.12 bits per heavy atom. The van der Waals surface area contributed by atoms with Crippen molar-refractivity contribution in [1.29, 1.82) is 0 Å². The molecule has 6 heteroatoms. The average molecular weight is 350 g/mol. The van der Waals surface area contributed by atoms with E-state index in [0.29, 0.717) is 4.70 Å². The molecule has 0 aliphatic rings. The molecular formula is C19H18N4OS. The number of thiophene rings is 1. The summed E-state index contributed by atoms with van der Waals surface area (Å²) in [5.41, 5.74) is 4.61. The van der Waals surface area contributed by atoms with Gasteiger partial charge in [0.05, 0.1) is 16.8 Å². The maximum atomic E-state index is 13.0. The Morgan fingerprint density at radius 3 is 2.52 bits per heavy atom. The third-order valence-corrected chi connectivity index (χ3v) is 5.31. The van der Waals surface area contributed by atoms with Gasteiger partial charge < -0.3 is 4.90 Å². The lowest BCUT2D eigenvalue weighted by Gasteiger charge is -2.14. The van der Waals surface area contributed by atoms with Crippen molar-refractivity contribution < 1.29 is 0 Å². The number of pyridine rings is 1. The summed E-state index contributed by atoms with van der Waals surface area (Å²) in [5, 5.41) is 0.948. The first-order chi connectivity index (χ1) is 12.0. The zero-order chi connectivity index (χ0) is 17.7. The van der Waals surface area contributed by atoms with Crippen LogP contribution in [0.5, 0.6) is 0 Å². The van der Waals surface area contributed by atoms with Crippen LogP contribution in [0.2, 0.25) is 0 Å². The molecule has 126 valence electrons. The molecular weight excluding hydrogens is 332 g/mol. The van der Waals surface area contributed by atoms with Gasteiger partial charge >= 0.3 is 0 Å². The summed E-state index contributed by atoms with van der Waals surface area (Å²) in [4.78, 5) is 25.2. The Hall–Kier alpha value is -2.73. The van der Waals surface area contributed by atoms with Crippen molar-refractivity contribution in [3.8, 4) is 5.69 Å². The fraction of sp³-hybridized carbons (Fsp3) is 0.211. The molecule has 3 heterocycles. The quantitative estimate of drug-likeness (QED) is 0.553. The molecule has 0 aliphatic heterocycles. The Morgan fingerprint density at radius 2 is 1.84 bits per heavy atom. The Balaban J connectivity index is 2.05. The van der Waals surface area contributed by atoms with Gasteiger partial charge in [-0.15, -0.1) is 11.3 Å². The highest BCUT2D eigenvalue weighted by Gasteiger charge is 2.17. The molecule has 0 saturated carbocycles. The highest BCUT2D eigenvalue weighted by Crippen LogP contribution is 2.36. The minimum Gasteiger partial charge on any atom is -0.377 e. The maximum Gasteiger partial charge on any atom is 0.275 e. The molecule has 0 spiro atoms. The normalized spacial score (nSPS) is 11.4. The van der Waals surface area contributed by atoms with Crippen molar-refractivity contribution in [2.75, 3.05) is 19.0 Å². The van der Waals surface area contributed by atoms with Gasteiger partial charge in [0.15, 0.2) is 0 Å². The summed E-state index contributed by atoms with van der Waals surface area (Å²) >= 11 is 1.41. The van der Waals surface area contributed by atoms with Crippen LogP contribution in [0, 0.1) is 13.8 Å². The molecule has 1 aromatic carbocycles. The Kier molecular flexibility index (Phi) is 3.58. The zero-order valence-corrected chi connectivity index (χ0v) is 15.4. The predicted molar refractivity (Wildman–Crippen MR) is 104 cm³/mol. The van der Waals surface area contributed by atoms with E-state index < -0.39 is 0 Å². The molecule has 0 fully saturated rings. The average Bonchev–Trinajstić information content (AvgIpc) is 2.94. The summed E-state index contributed by atoms with van der Waals surface area (Å²) in [6.45, 7) is 3.99. The van der Waals surface area contributed by atoms with Crippen LogP contribution in [0.25, 0.3) is 26.1 Å². The molecule has 0 amide bonds. The number of rotatable bonds is 2. The molecule has 3 aromatic heterocycles. The number of anilines is 1. The van der Waals surface area contributed by atoms with E-state index >= 15 is 0 Å². The smallest absolute Gasteiger partial charge is 0.275 e. The topological polar surface area (TPSA) is 51.0 Å². The summed E-state index contributed by atoms with van der Waals surface area (Å²) in [6.07, 6.45) is 1.61. The van der Waals surface area contributed by atoms with E-state index in [1.807, 2.05) is 63.2 Å². The molecule has 0 radical (unpaired) electrons. The van der Waals surface area contributed by atoms with Gasteiger partial charge in [0, 0.05) is 19.8 Å². The van der Waals surface area contributed by atoms with Crippen LogP contribution in [0.15, 0.2) is 41.5 Å². The SMILES string of the molecule is Cc1ccc(-n2cnc3c(sc4nc(C)cc(N(C)C)c43)c2=O)cc1. The standard InChI is InChI=1S/C19H18N4OS/c1-11-5-7-13(8-6-11)23-10-20-16-15-14(22(3)4)9-12(2)21-18(15)25-17(16)19(23)24/h5-10H,1-4H3. The summed E-state index contributed by atoms with van der Waals surface area (Å²) in [7, 11) is 3.98. The number of fused-ring (bicyclic) bond motifs is 3. The van der Waals surface area contributed by atoms with E-state index in [-0.39, 0.29) is 5.56 Å². The van der Waals surface area contributed by atoms with Crippen LogP contribution in [0.4, 0.5) is 5.69 Å². The van der Waals surface area contributed by atoms with Gasteiger partial charge in [-0.05, 0) is 32.0 Å². The van der Waals surface area contributed by atoms with Crippen molar-refractivity contribution in [2.24, 2.45) is 0 Å². The number of hydrogen-bond acceptors (Lipinski definition) is 5. The van der Waals surface area contributed by atoms with Crippen LogP contribution in [-0.4, -0.2) is 28.6 Å². The lowest BCUT2D eigenvalue weighted by atomic mass is 10.2. The second-order valence-electron chi connectivity index (χ2n) is 6.39. The Labute approximate surface area is 149 Å². The second kappa shape index (κ2) is 5.67. The van der Waals surface area contributed by atoms with Crippen molar-refractivity contribution in [1.82, 2.24) is 14.5 Å². The lowest BCUT2D eigenvalue weighted by Crippen LogP contribution is -2.17. The first kappa shape index (κ1) is 15.8. The minimum atomic E-state index is -0.0563. The van der Waals surface area contributed by atoms with Crippen LogP contribution < -0.4 is 10.5 Å². The van der Waals surface area contributed by atoms with Gasteiger partial charge in [0.25, 0.3) is 5.56 Å². The largest absolute Gasteiger partial charge is 0.377 e. The molecule has 25 heavy (non-hydrogen) atoms. The van der Waals surface area contributed by atoms with E-state index in [1.54, 1.807) is 10.9 Å². The summed E-state index contributed by atoms with van der Waals surface area (Å²) < 4.78 is 2.23. The molecule has 0 saturated heterocycles. The van der Waals surface area contributed by atoms with E-state index in [1.165, 1.54) is 11.3 Å². The van der Waals surface area contributed by atoms with Gasteiger partial charge in [0.2, 0.25) is 0 Å². The van der Waals surface area contributed by atoms with Crippen molar-refractivity contribution >= 4 is 37.5 Å². The number of nitrogens with zero attached hydrogens (tertiary/aromatic N) is 4. The molecule has 4 rings (SSSR count). The lowest BCUT2D eigenvalue weighted by molar-refractivity contribution is 0.966. The molecule has 0 bridgehead atoms. The van der Waals surface area contributed by atoms with Crippen molar-refractivity contribution in [3.05, 3.63) is 58.3 Å². The number of hydrogen-bond donors (Lipinski definition) is 0. The van der Waals surface area contributed by atoms with Crippen LogP contribution in [0.1, 0.15) is 11.3 Å². The van der Waals surface area contributed by atoms with E-state index in [0.717, 1.165) is 38.4 Å². The number of benzene rings is 1. The van der Waals surface area contributed by atoms with Gasteiger partial charge in [-0.3, -0.25) is 9.36 Å². The maximum absolute atomic E-state index is 13.0. The van der Waals surface area contributed by atoms with Crippen molar-refractivity contribution in [3.63, 3.8) is 0 Å². The van der Waals surface area contributed by atoms with Crippen LogP contribution in [-0.2, 0) is 0 Å². The highest BCUT2D eigenvalue weighted by atomic mass is 32.1. The van der Waals surface area contributed by atoms with Crippen LogP contribution in [0.3, 0.4) is 0 Å². The second-order valence-corrected chi connectivity index (χ2v) is 7.39. The zero-order valence-electron chi connectivity index (χ0n) is 14.6. The van der Waals surface area contributed by atoms with Gasteiger partial charge in [-0.2, -0.15) is 0 Å². The third-order valence-electron chi connectivity index (χ3n) is 4.25. The van der Waals surface area contributed by atoms with Gasteiger partial charge in [-0.1, -0.05) is 17.7 Å². The number of aryl methyl sites for hydroxylation is 2. The minimum absolute atomic E-state index is 0.0563. The fourth-order valence-corrected chi connectivity index (χ4v) is 4.09. The van der Waals surface area contributed by atoms with E-state index in [9.17, 15) is 4.79 Å². The Bertz CT molecular complexity index is 1160. The van der Waals surface area contributed by atoms with Gasteiger partial charge in [0.1, 0.15) is 21.4 Å². The van der Waals surface area contributed by atoms with Crippen molar-refractivity contribution in [2.45, 2.75) is 13.8 Å². The predicted octanol–water partition coefficient (Wildman–Crippen LogP) is 3.68. The highest BCUT2D eigenvalue weighted by molar-refractivity contribution is 7.25. The molecule has 0 unspecified atom stereocenters. The molecule has 4 aromatic rings. The molecule has 0 N–H and O–H groups in total. The first-order valence-electron chi connectivity index (χ1n) is 8.01. The third kappa shape index (κ3) is 2.49. The monoisotopic (exact) mass is 350 g/mol. The van der Waals surface area contributed by atoms with E-state index in [2.05, 4.69) is 9.97 Å². The molecule has 5 nitrogen and oxygen atoms in total.